The number of piperidine rings is 1. The van der Waals surface area contributed by atoms with Crippen molar-refractivity contribution in [3.8, 4) is 0 Å². The van der Waals surface area contributed by atoms with Gasteiger partial charge in [-0.1, -0.05) is 28.9 Å². The molecule has 2 fully saturated rings. The molecule has 0 bridgehead atoms. The van der Waals surface area contributed by atoms with E-state index in [1.165, 1.54) is 22.0 Å². The van der Waals surface area contributed by atoms with E-state index < -0.39 is 10.0 Å². The van der Waals surface area contributed by atoms with Crippen molar-refractivity contribution in [1.82, 2.24) is 14.4 Å². The smallest absolute Gasteiger partial charge is 0.248 e. The topological polar surface area (TPSA) is 87.0 Å². The molecule has 2 saturated heterocycles. The van der Waals surface area contributed by atoms with Gasteiger partial charge in [-0.15, -0.1) is 0 Å². The number of rotatable bonds is 6. The fraction of sp³-hybridized carbons (Fsp3) is 0.419. The minimum absolute atomic E-state index is 0.0782. The number of hydrogen-bond acceptors (Lipinski definition) is 6. The molecule has 218 valence electrons. The second kappa shape index (κ2) is 11.8. The average molecular weight is 581 g/mol. The molecule has 0 spiro atoms. The number of nitrogens with zero attached hydrogens (tertiary/aromatic N) is 4. The lowest BCUT2D eigenvalue weighted by molar-refractivity contribution is -0.137. The first-order chi connectivity index (χ1) is 19.5. The molecule has 0 atom stereocenters. The molecule has 0 N–H and O–H groups in total. The minimum atomic E-state index is -3.86. The number of carbonyl (C=O) groups excluding carboxylic acids is 1. The Hall–Kier alpha value is -3.50. The van der Waals surface area contributed by atoms with Crippen LogP contribution in [0, 0.1) is 39.4 Å². The van der Waals surface area contributed by atoms with Crippen molar-refractivity contribution in [3.63, 3.8) is 0 Å². The summed E-state index contributed by atoms with van der Waals surface area (Å²) in [4.78, 5) is 17.4. The number of amides is 1. The number of sulfonamides is 1. The molecule has 8 nitrogen and oxygen atoms in total. The third-order valence-electron chi connectivity index (χ3n) is 8.16. The van der Waals surface area contributed by atoms with E-state index in [9.17, 15) is 17.6 Å². The standard InChI is InChI=1S/C31H37FN4O4S/c1-21-19-22(2)28(23(3)20-21)9-10-29-30(24(4)33-40-29)41(38,39)36-13-11-25(12-14-36)31(37)35-17-15-34(16-18-35)27-7-5-26(32)6-8-27/h5-10,19-20,25H,11-18H2,1-4H3/b10-9+. The van der Waals surface area contributed by atoms with E-state index in [0.29, 0.717) is 44.7 Å². The molecule has 3 aromatic rings. The maximum atomic E-state index is 13.7. The predicted octanol–water partition coefficient (Wildman–Crippen LogP) is 4.97. The number of benzene rings is 2. The maximum Gasteiger partial charge on any atom is 0.248 e. The molecule has 10 heteroatoms. The summed E-state index contributed by atoms with van der Waals surface area (Å²) in [5.41, 5.74) is 5.65. The molecule has 2 aliphatic heterocycles. The van der Waals surface area contributed by atoms with Crippen LogP contribution >= 0.6 is 0 Å². The number of carbonyl (C=O) groups is 1. The quantitative estimate of drug-likeness (QED) is 0.409. The highest BCUT2D eigenvalue weighted by atomic mass is 32.2. The summed E-state index contributed by atoms with van der Waals surface area (Å²) in [6.45, 7) is 10.8. The highest BCUT2D eigenvalue weighted by molar-refractivity contribution is 7.89. The summed E-state index contributed by atoms with van der Waals surface area (Å²) in [5, 5.41) is 3.97. The van der Waals surface area contributed by atoms with Crippen LogP contribution in [0.25, 0.3) is 12.2 Å². The van der Waals surface area contributed by atoms with Gasteiger partial charge >= 0.3 is 0 Å². The zero-order chi connectivity index (χ0) is 29.3. The van der Waals surface area contributed by atoms with Gasteiger partial charge in [0.05, 0.1) is 0 Å². The van der Waals surface area contributed by atoms with Crippen molar-refractivity contribution < 1.29 is 22.1 Å². The first-order valence-electron chi connectivity index (χ1n) is 14.1. The molecule has 0 radical (unpaired) electrons. The molecule has 0 aliphatic carbocycles. The van der Waals surface area contributed by atoms with Crippen LogP contribution < -0.4 is 4.90 Å². The van der Waals surface area contributed by atoms with E-state index in [1.54, 1.807) is 25.1 Å². The molecule has 0 unspecified atom stereocenters. The van der Waals surface area contributed by atoms with Crippen LogP contribution in [-0.4, -0.2) is 68.0 Å². The molecule has 1 amide bonds. The molecule has 2 aliphatic rings. The van der Waals surface area contributed by atoms with E-state index >= 15 is 0 Å². The van der Waals surface area contributed by atoms with Gasteiger partial charge in [0.25, 0.3) is 0 Å². The zero-order valence-electron chi connectivity index (χ0n) is 24.1. The fourth-order valence-corrected chi connectivity index (χ4v) is 7.70. The minimum Gasteiger partial charge on any atom is -0.368 e. The molecule has 5 rings (SSSR count). The van der Waals surface area contributed by atoms with Crippen LogP contribution in [0.4, 0.5) is 10.1 Å². The normalized spacial score (nSPS) is 17.5. The summed E-state index contributed by atoms with van der Waals surface area (Å²) < 4.78 is 47.6. The number of aromatic nitrogens is 1. The lowest BCUT2D eigenvalue weighted by atomic mass is 9.96. The first kappa shape index (κ1) is 29.0. The van der Waals surface area contributed by atoms with Crippen molar-refractivity contribution in [2.75, 3.05) is 44.2 Å². The summed E-state index contributed by atoms with van der Waals surface area (Å²) in [5.74, 6) is -0.196. The Kier molecular flexibility index (Phi) is 8.33. The highest BCUT2D eigenvalue weighted by Crippen LogP contribution is 2.31. The Morgan fingerprint density at radius 3 is 2.15 bits per heavy atom. The predicted molar refractivity (Wildman–Crippen MR) is 157 cm³/mol. The lowest BCUT2D eigenvalue weighted by Gasteiger charge is -2.39. The Morgan fingerprint density at radius 1 is 0.927 bits per heavy atom. The Balaban J connectivity index is 1.22. The monoisotopic (exact) mass is 580 g/mol. The molecule has 0 saturated carbocycles. The van der Waals surface area contributed by atoms with Crippen LogP contribution in [0.3, 0.4) is 0 Å². The van der Waals surface area contributed by atoms with Crippen LogP contribution in [0.2, 0.25) is 0 Å². The summed E-state index contributed by atoms with van der Waals surface area (Å²) in [6.07, 6.45) is 4.49. The van der Waals surface area contributed by atoms with Crippen molar-refractivity contribution >= 4 is 33.8 Å². The van der Waals surface area contributed by atoms with E-state index in [0.717, 1.165) is 22.4 Å². The molecular formula is C31H37FN4O4S. The van der Waals surface area contributed by atoms with Crippen LogP contribution in [0.15, 0.2) is 45.8 Å². The number of aryl methyl sites for hydroxylation is 4. The van der Waals surface area contributed by atoms with Crippen LogP contribution in [0.1, 0.15) is 46.5 Å². The molecule has 1 aromatic heterocycles. The third kappa shape index (κ3) is 6.08. The van der Waals surface area contributed by atoms with Gasteiger partial charge in [-0.05, 0) is 87.6 Å². The second-order valence-corrected chi connectivity index (χ2v) is 12.9. The van der Waals surface area contributed by atoms with Crippen molar-refractivity contribution in [2.24, 2.45) is 5.92 Å². The van der Waals surface area contributed by atoms with Gasteiger partial charge in [0.1, 0.15) is 11.5 Å². The summed E-state index contributed by atoms with van der Waals surface area (Å²) >= 11 is 0. The van der Waals surface area contributed by atoms with E-state index in [-0.39, 0.29) is 41.4 Å². The van der Waals surface area contributed by atoms with Gasteiger partial charge in [-0.3, -0.25) is 4.79 Å². The maximum absolute atomic E-state index is 13.7. The largest absolute Gasteiger partial charge is 0.368 e. The molecule has 2 aromatic carbocycles. The van der Waals surface area contributed by atoms with Crippen molar-refractivity contribution in [2.45, 2.75) is 45.4 Å². The summed E-state index contributed by atoms with van der Waals surface area (Å²) in [6, 6.07) is 10.6. The van der Waals surface area contributed by atoms with Gasteiger partial charge in [0, 0.05) is 50.9 Å². The number of anilines is 1. The highest BCUT2D eigenvalue weighted by Gasteiger charge is 2.37. The Labute approximate surface area is 241 Å². The second-order valence-electron chi connectivity index (χ2n) is 11.1. The molecule has 41 heavy (non-hydrogen) atoms. The number of halogens is 1. The summed E-state index contributed by atoms with van der Waals surface area (Å²) in [7, 11) is -3.86. The van der Waals surface area contributed by atoms with Gasteiger partial charge in [0.15, 0.2) is 10.7 Å². The average Bonchev–Trinajstić information content (AvgIpc) is 3.33. The third-order valence-corrected chi connectivity index (χ3v) is 10.2. The van der Waals surface area contributed by atoms with Crippen molar-refractivity contribution in [1.29, 1.82) is 0 Å². The van der Waals surface area contributed by atoms with Crippen LogP contribution in [0.5, 0.6) is 0 Å². The first-order valence-corrected chi connectivity index (χ1v) is 15.5. The number of piperazine rings is 1. The zero-order valence-corrected chi connectivity index (χ0v) is 24.9. The van der Waals surface area contributed by atoms with Crippen molar-refractivity contribution in [3.05, 3.63) is 75.9 Å². The SMILES string of the molecule is Cc1cc(C)c(/C=C/c2onc(C)c2S(=O)(=O)N2CCC(C(=O)N3CCN(c4ccc(F)cc4)CC3)CC2)c(C)c1. The lowest BCUT2D eigenvalue weighted by Crippen LogP contribution is -2.52. The van der Waals surface area contributed by atoms with E-state index in [4.69, 9.17) is 4.52 Å². The van der Waals surface area contributed by atoms with Gasteiger partial charge in [-0.25, -0.2) is 12.8 Å². The number of hydrogen-bond donors (Lipinski definition) is 0. The fourth-order valence-electron chi connectivity index (χ4n) is 5.98. The Morgan fingerprint density at radius 2 is 1.54 bits per heavy atom. The van der Waals surface area contributed by atoms with E-state index in [1.807, 2.05) is 31.7 Å². The van der Waals surface area contributed by atoms with E-state index in [2.05, 4.69) is 22.2 Å². The van der Waals surface area contributed by atoms with Gasteiger partial charge < -0.3 is 14.3 Å². The molecular weight excluding hydrogens is 543 g/mol. The van der Waals surface area contributed by atoms with Crippen LogP contribution in [-0.2, 0) is 14.8 Å². The van der Waals surface area contributed by atoms with Gasteiger partial charge in [-0.2, -0.15) is 4.31 Å². The molecule has 3 heterocycles. The van der Waals surface area contributed by atoms with Gasteiger partial charge in [0.2, 0.25) is 15.9 Å². The Bertz CT molecular complexity index is 1530.